The van der Waals surface area contributed by atoms with Crippen LogP contribution >= 0.6 is 11.6 Å². The van der Waals surface area contributed by atoms with Crippen molar-refractivity contribution in [2.45, 2.75) is 31.7 Å². The molecule has 2 aliphatic rings. The SMILES string of the molecule is O=c1c(Cl)c(NC[C@H]2CCCOC2)cnn1C1CCN(S(=O)(=O)Nc2ccccc2)CC1. The molecule has 0 radical (unpaired) electrons. The number of ether oxygens (including phenoxy) is 1. The summed E-state index contributed by atoms with van der Waals surface area (Å²) in [4.78, 5) is 12.8. The minimum atomic E-state index is -3.66. The number of anilines is 2. The van der Waals surface area contributed by atoms with Crippen LogP contribution in [0.1, 0.15) is 31.7 Å². The molecular weight excluding hydrogens is 454 g/mol. The first-order valence-electron chi connectivity index (χ1n) is 10.9. The van der Waals surface area contributed by atoms with E-state index in [-0.39, 0.29) is 16.6 Å². The van der Waals surface area contributed by atoms with Gasteiger partial charge in [-0.05, 0) is 43.7 Å². The highest BCUT2D eigenvalue weighted by Gasteiger charge is 2.30. The van der Waals surface area contributed by atoms with E-state index in [2.05, 4.69) is 15.1 Å². The second-order valence-electron chi connectivity index (χ2n) is 8.19. The number of aromatic nitrogens is 2. The minimum absolute atomic E-state index is 0.109. The van der Waals surface area contributed by atoms with E-state index >= 15 is 0 Å². The Morgan fingerprint density at radius 3 is 2.59 bits per heavy atom. The van der Waals surface area contributed by atoms with Crippen molar-refractivity contribution in [2.24, 2.45) is 5.92 Å². The number of para-hydroxylation sites is 1. The lowest BCUT2D eigenvalue weighted by Gasteiger charge is -2.31. The highest BCUT2D eigenvalue weighted by molar-refractivity contribution is 7.90. The molecule has 32 heavy (non-hydrogen) atoms. The van der Waals surface area contributed by atoms with Crippen molar-refractivity contribution >= 4 is 33.2 Å². The molecule has 1 atom stereocenters. The summed E-state index contributed by atoms with van der Waals surface area (Å²) < 4.78 is 36.2. The number of hydrogen-bond donors (Lipinski definition) is 2. The molecule has 0 bridgehead atoms. The fraction of sp³-hybridized carbons (Fsp3) is 0.524. The van der Waals surface area contributed by atoms with Crippen molar-refractivity contribution in [2.75, 3.05) is 42.9 Å². The molecule has 4 rings (SSSR count). The van der Waals surface area contributed by atoms with Crippen molar-refractivity contribution in [3.63, 3.8) is 0 Å². The highest BCUT2D eigenvalue weighted by Crippen LogP contribution is 2.25. The lowest BCUT2D eigenvalue weighted by Crippen LogP contribution is -2.43. The Bertz CT molecular complexity index is 1070. The van der Waals surface area contributed by atoms with Crippen LogP contribution in [0.15, 0.2) is 41.3 Å². The maximum atomic E-state index is 12.8. The van der Waals surface area contributed by atoms with Gasteiger partial charge in [-0.15, -0.1) is 0 Å². The standard InChI is InChI=1S/C21H28ClN5O4S/c22-20-19(23-13-16-5-4-12-31-15-16)14-24-27(21(20)28)18-8-10-26(11-9-18)32(29,30)25-17-6-2-1-3-7-17/h1-3,6-7,14,16,18,23,25H,4-5,8-13,15H2/t16-/m1/s1. The van der Waals surface area contributed by atoms with Gasteiger partial charge < -0.3 is 10.1 Å². The van der Waals surface area contributed by atoms with E-state index in [0.29, 0.717) is 56.4 Å². The topological polar surface area (TPSA) is 106 Å². The van der Waals surface area contributed by atoms with Crippen LogP contribution in [-0.4, -0.2) is 55.4 Å². The number of halogens is 1. The molecule has 2 saturated heterocycles. The number of piperidine rings is 1. The molecule has 2 N–H and O–H groups in total. The van der Waals surface area contributed by atoms with Crippen molar-refractivity contribution in [1.29, 1.82) is 0 Å². The Labute approximate surface area is 192 Å². The zero-order chi connectivity index (χ0) is 22.6. The Hall–Kier alpha value is -2.14. The monoisotopic (exact) mass is 481 g/mol. The van der Waals surface area contributed by atoms with Crippen LogP contribution in [0.2, 0.25) is 5.02 Å². The van der Waals surface area contributed by atoms with E-state index in [1.807, 2.05) is 6.07 Å². The van der Waals surface area contributed by atoms with Gasteiger partial charge in [-0.2, -0.15) is 17.8 Å². The van der Waals surface area contributed by atoms with Gasteiger partial charge in [0, 0.05) is 31.9 Å². The van der Waals surface area contributed by atoms with Crippen LogP contribution in [0.3, 0.4) is 0 Å². The number of rotatable bonds is 7. The van der Waals surface area contributed by atoms with Crippen LogP contribution in [0.5, 0.6) is 0 Å². The molecule has 1 aromatic carbocycles. The molecule has 2 fully saturated rings. The summed E-state index contributed by atoms with van der Waals surface area (Å²) in [7, 11) is -3.66. The fourth-order valence-electron chi connectivity index (χ4n) is 4.10. The average Bonchev–Trinajstić information content (AvgIpc) is 2.81. The summed E-state index contributed by atoms with van der Waals surface area (Å²) in [6, 6.07) is 8.56. The van der Waals surface area contributed by atoms with E-state index in [4.69, 9.17) is 16.3 Å². The number of hydrogen-bond acceptors (Lipinski definition) is 6. The molecule has 1 aromatic heterocycles. The zero-order valence-corrected chi connectivity index (χ0v) is 19.3. The third kappa shape index (κ3) is 5.43. The molecule has 0 spiro atoms. The zero-order valence-electron chi connectivity index (χ0n) is 17.7. The van der Waals surface area contributed by atoms with E-state index < -0.39 is 10.2 Å². The third-order valence-electron chi connectivity index (χ3n) is 5.91. The quantitative estimate of drug-likeness (QED) is 0.630. The lowest BCUT2D eigenvalue weighted by atomic mass is 10.0. The van der Waals surface area contributed by atoms with Gasteiger partial charge in [0.15, 0.2) is 0 Å². The van der Waals surface area contributed by atoms with Gasteiger partial charge in [-0.1, -0.05) is 29.8 Å². The van der Waals surface area contributed by atoms with E-state index in [9.17, 15) is 13.2 Å². The first-order chi connectivity index (χ1) is 15.4. The molecule has 0 aliphatic carbocycles. The molecule has 9 nitrogen and oxygen atoms in total. The molecule has 0 amide bonds. The number of nitrogens with zero attached hydrogens (tertiary/aromatic N) is 3. The second-order valence-corrected chi connectivity index (χ2v) is 10.2. The number of nitrogens with one attached hydrogen (secondary N) is 2. The first kappa shape index (κ1) is 23.0. The van der Waals surface area contributed by atoms with Gasteiger partial charge >= 0.3 is 10.2 Å². The molecule has 11 heteroatoms. The summed E-state index contributed by atoms with van der Waals surface area (Å²) in [5.74, 6) is 0.387. The predicted molar refractivity (Wildman–Crippen MR) is 124 cm³/mol. The molecule has 2 aliphatic heterocycles. The lowest BCUT2D eigenvalue weighted by molar-refractivity contribution is 0.0595. The van der Waals surface area contributed by atoms with E-state index in [1.54, 1.807) is 30.5 Å². The van der Waals surface area contributed by atoms with Crippen LogP contribution < -0.4 is 15.6 Å². The van der Waals surface area contributed by atoms with Crippen molar-refractivity contribution in [3.8, 4) is 0 Å². The summed E-state index contributed by atoms with van der Waals surface area (Å²) >= 11 is 6.34. The second kappa shape index (κ2) is 10.2. The van der Waals surface area contributed by atoms with Gasteiger partial charge in [0.05, 0.1) is 24.5 Å². The Morgan fingerprint density at radius 1 is 1.16 bits per heavy atom. The van der Waals surface area contributed by atoms with Crippen LogP contribution in [0.4, 0.5) is 11.4 Å². The largest absolute Gasteiger partial charge is 0.382 e. The summed E-state index contributed by atoms with van der Waals surface area (Å²) in [6.07, 6.45) is 4.65. The summed E-state index contributed by atoms with van der Waals surface area (Å²) in [5, 5.41) is 7.65. The highest BCUT2D eigenvalue weighted by atomic mass is 35.5. The van der Waals surface area contributed by atoms with Crippen LogP contribution in [0, 0.1) is 5.92 Å². The minimum Gasteiger partial charge on any atom is -0.382 e. The van der Waals surface area contributed by atoms with Gasteiger partial charge in [0.2, 0.25) is 0 Å². The average molecular weight is 482 g/mol. The van der Waals surface area contributed by atoms with Crippen molar-refractivity contribution < 1.29 is 13.2 Å². The van der Waals surface area contributed by atoms with E-state index in [0.717, 1.165) is 19.4 Å². The molecule has 174 valence electrons. The van der Waals surface area contributed by atoms with Gasteiger partial charge in [0.25, 0.3) is 5.56 Å². The first-order valence-corrected chi connectivity index (χ1v) is 12.7. The summed E-state index contributed by atoms with van der Waals surface area (Å²) in [5.41, 5.74) is 0.674. The van der Waals surface area contributed by atoms with Gasteiger partial charge in [-0.3, -0.25) is 9.52 Å². The molecule has 0 unspecified atom stereocenters. The Kier molecular flexibility index (Phi) is 7.34. The third-order valence-corrected chi connectivity index (χ3v) is 7.81. The van der Waals surface area contributed by atoms with E-state index in [1.165, 1.54) is 8.99 Å². The maximum Gasteiger partial charge on any atom is 0.301 e. The van der Waals surface area contributed by atoms with Crippen molar-refractivity contribution in [1.82, 2.24) is 14.1 Å². The molecule has 0 saturated carbocycles. The molecular formula is C21H28ClN5O4S. The van der Waals surface area contributed by atoms with Gasteiger partial charge in [0.1, 0.15) is 5.02 Å². The molecule has 3 heterocycles. The maximum absolute atomic E-state index is 12.8. The predicted octanol–water partition coefficient (Wildman–Crippen LogP) is 2.73. The van der Waals surface area contributed by atoms with Crippen LogP contribution in [0.25, 0.3) is 0 Å². The number of benzene rings is 1. The Morgan fingerprint density at radius 2 is 1.91 bits per heavy atom. The summed E-state index contributed by atoms with van der Waals surface area (Å²) in [6.45, 7) is 2.77. The normalized spacial score (nSPS) is 20.7. The smallest absolute Gasteiger partial charge is 0.301 e. The van der Waals surface area contributed by atoms with Crippen molar-refractivity contribution in [3.05, 3.63) is 51.9 Å². The Balaban J connectivity index is 1.36. The van der Waals surface area contributed by atoms with Crippen LogP contribution in [-0.2, 0) is 14.9 Å². The van der Waals surface area contributed by atoms with Gasteiger partial charge in [-0.25, -0.2) is 4.68 Å². The molecule has 2 aromatic rings. The fourth-order valence-corrected chi connectivity index (χ4v) is 5.55.